The summed E-state index contributed by atoms with van der Waals surface area (Å²) in [6.07, 6.45) is 0. The monoisotopic (exact) mass is 110 g/mol. The van der Waals surface area contributed by atoms with Gasteiger partial charge < -0.3 is 0 Å². The van der Waals surface area contributed by atoms with Crippen molar-refractivity contribution in [1.29, 1.82) is 0 Å². The Hall–Kier alpha value is 0.580. The SMILES string of the molecule is Cl.F.F.P. The molecule has 4 heavy (non-hydrogen) atoms. The van der Waals surface area contributed by atoms with E-state index in [0.717, 1.165) is 0 Å². The Balaban J connectivity index is 0. The van der Waals surface area contributed by atoms with Gasteiger partial charge in [-0.25, -0.2) is 0 Å². The van der Waals surface area contributed by atoms with Crippen molar-refractivity contribution in [2.75, 3.05) is 0 Å². The first kappa shape index (κ1) is 174. The highest BCUT2D eigenvalue weighted by Gasteiger charge is -0.146. The van der Waals surface area contributed by atoms with Gasteiger partial charge >= 0.3 is 0 Å². The predicted octanol–water partition coefficient (Wildman–Crippen LogP) is 0.785. The molecule has 0 amide bonds. The minimum Gasteiger partial charge on any atom is -0.269 e. The maximum atomic E-state index is 0. The third-order valence-corrected chi connectivity index (χ3v) is 0. The molecule has 0 saturated heterocycles. The fraction of sp³-hybridized carbons (Fsp3) is 0. The lowest BCUT2D eigenvalue weighted by Gasteiger charge is -0.270. The highest BCUT2D eigenvalue weighted by molar-refractivity contribution is 6.92. The van der Waals surface area contributed by atoms with E-state index in [4.69, 9.17) is 0 Å². The van der Waals surface area contributed by atoms with Crippen LogP contribution in [-0.4, -0.2) is 0 Å². The molecule has 0 rings (SSSR count). The number of halogens is 3. The first-order valence-corrected chi connectivity index (χ1v) is 0. The molecule has 0 saturated carbocycles. The van der Waals surface area contributed by atoms with E-state index in [2.05, 4.69) is 0 Å². The Morgan fingerprint density at radius 1 is 0.750 bits per heavy atom. The average Bonchev–Trinajstić information content (AvgIpc) is 0. The fourth-order valence-corrected chi connectivity index (χ4v) is 0. The molecular weight excluding hydrogens is 104 g/mol. The first-order valence-electron chi connectivity index (χ1n) is 0. The molecule has 0 fully saturated rings. The molecule has 0 aliphatic rings. The van der Waals surface area contributed by atoms with Crippen molar-refractivity contribution < 1.29 is 9.41 Å². The molecule has 0 heterocycles. The highest BCUT2D eigenvalue weighted by atomic mass is 35.5. The van der Waals surface area contributed by atoms with Crippen LogP contribution in [-0.2, 0) is 0 Å². The zero-order valence-electron chi connectivity index (χ0n) is 1.93. The van der Waals surface area contributed by atoms with Crippen LogP contribution < -0.4 is 0 Å². The fourth-order valence-electron chi connectivity index (χ4n) is 0. The minimum atomic E-state index is 0. The number of hydrogen-bond donors (Lipinski definition) is 0. The molecule has 0 radical (unpaired) electrons. The molecule has 4 heteroatoms. The summed E-state index contributed by atoms with van der Waals surface area (Å²) in [6, 6.07) is 0. The molecule has 0 aliphatic heterocycles. The normalized spacial score (nSPS) is 0. The Bertz CT molecular complexity index is 6.00. The summed E-state index contributed by atoms with van der Waals surface area (Å²) in [7, 11) is 0. The van der Waals surface area contributed by atoms with Crippen LogP contribution >= 0.6 is 22.3 Å². The van der Waals surface area contributed by atoms with Crippen molar-refractivity contribution in [3.8, 4) is 0 Å². The van der Waals surface area contributed by atoms with E-state index in [1.807, 2.05) is 0 Å². The smallest absolute Gasteiger partial charge is 0.147 e. The van der Waals surface area contributed by atoms with Crippen molar-refractivity contribution >= 4 is 22.3 Å². The first-order chi connectivity index (χ1) is 0. The van der Waals surface area contributed by atoms with Crippen LogP contribution in [0.15, 0.2) is 0 Å². The Morgan fingerprint density at radius 2 is 0.750 bits per heavy atom. The molecule has 0 bridgehead atoms. The summed E-state index contributed by atoms with van der Waals surface area (Å²) in [4.78, 5) is 0. The molecule has 0 aromatic rings. The summed E-state index contributed by atoms with van der Waals surface area (Å²) < 4.78 is 0. The summed E-state index contributed by atoms with van der Waals surface area (Å²) in [6.45, 7) is 0. The molecule has 0 nitrogen and oxygen atoms in total. The van der Waals surface area contributed by atoms with Crippen LogP contribution in [0.4, 0.5) is 9.41 Å². The van der Waals surface area contributed by atoms with Crippen molar-refractivity contribution in [3.05, 3.63) is 0 Å². The second kappa shape index (κ2) is 70.8. The van der Waals surface area contributed by atoms with Crippen molar-refractivity contribution in [1.82, 2.24) is 0 Å². The van der Waals surface area contributed by atoms with Gasteiger partial charge in [-0.2, -0.15) is 9.90 Å². The van der Waals surface area contributed by atoms with Crippen LogP contribution in [0.1, 0.15) is 0 Å². The van der Waals surface area contributed by atoms with Gasteiger partial charge in [0.1, 0.15) is 0 Å². The average molecular weight is 110 g/mol. The molecule has 0 spiro atoms. The van der Waals surface area contributed by atoms with Gasteiger partial charge in [-0.15, -0.1) is 12.4 Å². The molecule has 1 unspecified atom stereocenters. The second-order valence-electron chi connectivity index (χ2n) is 0. The molecular formula is H6ClF2P. The lowest BCUT2D eigenvalue weighted by Crippen LogP contribution is 0.419. The molecule has 0 aliphatic carbocycles. The molecule has 0 aromatic heterocycles. The van der Waals surface area contributed by atoms with Gasteiger partial charge in [-0.3, -0.25) is 9.41 Å². The Morgan fingerprint density at radius 3 is 0.750 bits per heavy atom. The van der Waals surface area contributed by atoms with E-state index in [1.165, 1.54) is 0 Å². The third kappa shape index (κ3) is 19.1. The van der Waals surface area contributed by atoms with E-state index in [1.54, 1.807) is 0 Å². The summed E-state index contributed by atoms with van der Waals surface area (Å²) in [5.74, 6) is 0. The molecule has 0 N–H and O–H groups in total. The molecule has 32 valence electrons. The summed E-state index contributed by atoms with van der Waals surface area (Å²) in [5, 5.41) is 0. The highest BCUT2D eigenvalue weighted by Crippen LogP contribution is 0.861. The van der Waals surface area contributed by atoms with Gasteiger partial charge in [0.25, 0.3) is 0 Å². The quantitative estimate of drug-likeness (QED) is 0.405. The molecule has 1 atom stereocenters. The van der Waals surface area contributed by atoms with Gasteiger partial charge in [0.15, 0.2) is 0 Å². The predicted molar refractivity (Wildman–Crippen MR) is 23.4 cm³/mol. The minimum absolute atomic E-state index is 0. The lowest BCUT2D eigenvalue weighted by molar-refractivity contribution is 1.11. The standard InChI is InChI=1S/ClH.2FH.H3P/h3*1H;1H3. The van der Waals surface area contributed by atoms with Gasteiger partial charge in [0.05, 0.1) is 0 Å². The second-order valence-corrected chi connectivity index (χ2v) is 0. The lowest BCUT2D eigenvalue weighted by atomic mass is 19.0. The maximum absolute atomic E-state index is 0. The van der Waals surface area contributed by atoms with E-state index >= 15 is 0 Å². The van der Waals surface area contributed by atoms with Gasteiger partial charge in [0, 0.05) is 0 Å². The zero-order chi connectivity index (χ0) is 0. The number of rotatable bonds is 0. The van der Waals surface area contributed by atoms with Crippen molar-refractivity contribution in [3.63, 3.8) is 0 Å². The van der Waals surface area contributed by atoms with Crippen molar-refractivity contribution in [2.24, 2.45) is 0 Å². The van der Waals surface area contributed by atoms with Crippen LogP contribution in [0.3, 0.4) is 0 Å². The van der Waals surface area contributed by atoms with E-state index in [9.17, 15) is 0 Å². The third-order valence-electron chi connectivity index (χ3n) is 0. The van der Waals surface area contributed by atoms with Crippen LogP contribution in [0.25, 0.3) is 0 Å². The van der Waals surface area contributed by atoms with E-state index in [0.29, 0.717) is 0 Å². The van der Waals surface area contributed by atoms with E-state index < -0.39 is 0 Å². The van der Waals surface area contributed by atoms with Crippen LogP contribution in [0.2, 0.25) is 0 Å². The molecule has 0 aromatic carbocycles. The number of hydrogen-bond acceptors (Lipinski definition) is 0. The zero-order valence-corrected chi connectivity index (χ0v) is 4.16. The van der Waals surface area contributed by atoms with E-state index in [-0.39, 0.29) is 31.7 Å². The Kier molecular flexibility index (Phi) is 3090. The summed E-state index contributed by atoms with van der Waals surface area (Å²) in [5.41, 5.74) is 0. The topological polar surface area (TPSA) is 0 Å². The van der Waals surface area contributed by atoms with Crippen molar-refractivity contribution in [2.45, 2.75) is 0 Å². The largest absolute Gasteiger partial charge is 0.269 e. The van der Waals surface area contributed by atoms with Crippen LogP contribution in [0.5, 0.6) is 0 Å². The Labute approximate surface area is 32.7 Å². The van der Waals surface area contributed by atoms with Gasteiger partial charge in [0.2, 0.25) is 0 Å². The maximum Gasteiger partial charge on any atom is -0.147 e. The summed E-state index contributed by atoms with van der Waals surface area (Å²) >= 11 is 0. The van der Waals surface area contributed by atoms with Gasteiger partial charge in [-0.1, -0.05) is 0 Å². The van der Waals surface area contributed by atoms with Crippen LogP contribution in [0, 0.1) is 0 Å². The van der Waals surface area contributed by atoms with Gasteiger partial charge in [-0.05, 0) is 0 Å².